The van der Waals surface area contributed by atoms with Crippen LogP contribution in [0.5, 0.6) is 0 Å². The van der Waals surface area contributed by atoms with E-state index in [1.165, 1.54) is 44.9 Å². The van der Waals surface area contributed by atoms with Gasteiger partial charge in [0.2, 0.25) is 0 Å². The van der Waals surface area contributed by atoms with Crippen molar-refractivity contribution < 1.29 is 9.84 Å². The molecule has 0 bridgehead atoms. The van der Waals surface area contributed by atoms with E-state index in [9.17, 15) is 0 Å². The van der Waals surface area contributed by atoms with Gasteiger partial charge in [-0.2, -0.15) is 0 Å². The molecule has 98 valence electrons. The van der Waals surface area contributed by atoms with Gasteiger partial charge >= 0.3 is 0 Å². The Bertz CT molecular complexity index is 126. The van der Waals surface area contributed by atoms with E-state index in [1.54, 1.807) is 0 Å². The molecule has 0 saturated carbocycles. The molecule has 0 fully saturated rings. The minimum Gasteiger partial charge on any atom is -0.394 e. The van der Waals surface area contributed by atoms with Crippen LogP contribution in [0, 0.1) is 5.92 Å². The zero-order valence-electron chi connectivity index (χ0n) is 11.2. The average Bonchev–Trinajstić information content (AvgIpc) is 2.29. The molecular formula is C14H30O2. The molecule has 0 aromatic rings. The molecule has 0 aromatic carbocycles. The minimum atomic E-state index is 0.147. The van der Waals surface area contributed by atoms with Crippen LogP contribution in [0.3, 0.4) is 0 Å². The van der Waals surface area contributed by atoms with Crippen LogP contribution in [0.2, 0.25) is 0 Å². The van der Waals surface area contributed by atoms with Gasteiger partial charge in [0, 0.05) is 6.61 Å². The maximum absolute atomic E-state index is 8.53. The fraction of sp³-hybridized carbons (Fsp3) is 1.00. The third kappa shape index (κ3) is 12.0. The molecular weight excluding hydrogens is 200 g/mol. The SMILES string of the molecule is CCCCCCC(C)CCCCOCCO. The summed E-state index contributed by atoms with van der Waals surface area (Å²) >= 11 is 0. The highest BCUT2D eigenvalue weighted by molar-refractivity contribution is 4.54. The topological polar surface area (TPSA) is 29.5 Å². The van der Waals surface area contributed by atoms with Gasteiger partial charge in [-0.1, -0.05) is 58.8 Å². The van der Waals surface area contributed by atoms with E-state index >= 15 is 0 Å². The Kier molecular flexibility index (Phi) is 12.9. The van der Waals surface area contributed by atoms with Crippen molar-refractivity contribution in [2.45, 2.75) is 65.2 Å². The Balaban J connectivity index is 3.08. The van der Waals surface area contributed by atoms with E-state index in [2.05, 4.69) is 13.8 Å². The molecule has 0 spiro atoms. The summed E-state index contributed by atoms with van der Waals surface area (Å²) < 4.78 is 5.23. The van der Waals surface area contributed by atoms with Crippen LogP contribution in [0.15, 0.2) is 0 Å². The number of hydrogen-bond donors (Lipinski definition) is 1. The van der Waals surface area contributed by atoms with E-state index < -0.39 is 0 Å². The molecule has 0 amide bonds. The summed E-state index contributed by atoms with van der Waals surface area (Å²) in [5, 5.41) is 8.53. The second-order valence-corrected chi connectivity index (χ2v) is 4.79. The van der Waals surface area contributed by atoms with Gasteiger partial charge in [-0.15, -0.1) is 0 Å². The van der Waals surface area contributed by atoms with Gasteiger partial charge in [-0.25, -0.2) is 0 Å². The smallest absolute Gasteiger partial charge is 0.0697 e. The maximum Gasteiger partial charge on any atom is 0.0697 e. The second kappa shape index (κ2) is 13.0. The van der Waals surface area contributed by atoms with Crippen molar-refractivity contribution in [3.63, 3.8) is 0 Å². The number of unbranched alkanes of at least 4 members (excludes halogenated alkanes) is 4. The second-order valence-electron chi connectivity index (χ2n) is 4.79. The molecule has 2 heteroatoms. The lowest BCUT2D eigenvalue weighted by atomic mass is 9.97. The Morgan fingerprint density at radius 2 is 1.62 bits per heavy atom. The number of hydrogen-bond acceptors (Lipinski definition) is 2. The summed E-state index contributed by atoms with van der Waals surface area (Å²) in [6.45, 7) is 6.07. The first-order valence-electron chi connectivity index (χ1n) is 6.99. The predicted molar refractivity (Wildman–Crippen MR) is 69.7 cm³/mol. The molecule has 1 unspecified atom stereocenters. The first kappa shape index (κ1) is 15.9. The quantitative estimate of drug-likeness (QED) is 0.517. The lowest BCUT2D eigenvalue weighted by Gasteiger charge is -2.10. The number of rotatable bonds is 12. The standard InChI is InChI=1S/C14H30O2/c1-3-4-5-6-9-14(2)10-7-8-12-16-13-11-15/h14-15H,3-13H2,1-2H3. The van der Waals surface area contributed by atoms with Crippen LogP contribution in [0.1, 0.15) is 65.2 Å². The van der Waals surface area contributed by atoms with Crippen molar-refractivity contribution in [3.05, 3.63) is 0 Å². The van der Waals surface area contributed by atoms with Crippen LogP contribution in [0.25, 0.3) is 0 Å². The van der Waals surface area contributed by atoms with Crippen LogP contribution in [-0.2, 0) is 4.74 Å². The van der Waals surface area contributed by atoms with E-state index in [0.29, 0.717) is 6.61 Å². The predicted octanol–water partition coefficient (Wildman–Crippen LogP) is 3.77. The van der Waals surface area contributed by atoms with Crippen molar-refractivity contribution in [2.75, 3.05) is 19.8 Å². The van der Waals surface area contributed by atoms with Crippen molar-refractivity contribution >= 4 is 0 Å². The summed E-state index contributed by atoms with van der Waals surface area (Å²) in [7, 11) is 0. The minimum absolute atomic E-state index is 0.147. The Morgan fingerprint density at radius 3 is 2.25 bits per heavy atom. The third-order valence-electron chi connectivity index (χ3n) is 3.02. The van der Waals surface area contributed by atoms with Gasteiger partial charge in [-0.05, 0) is 12.3 Å². The maximum atomic E-state index is 8.53. The number of aliphatic hydroxyl groups excluding tert-OH is 1. The largest absolute Gasteiger partial charge is 0.394 e. The molecule has 0 rings (SSSR count). The van der Waals surface area contributed by atoms with Crippen molar-refractivity contribution in [2.24, 2.45) is 5.92 Å². The van der Waals surface area contributed by atoms with E-state index in [4.69, 9.17) is 9.84 Å². The molecule has 1 atom stereocenters. The first-order valence-corrected chi connectivity index (χ1v) is 6.99. The van der Waals surface area contributed by atoms with Crippen LogP contribution in [-0.4, -0.2) is 24.9 Å². The van der Waals surface area contributed by atoms with Crippen LogP contribution < -0.4 is 0 Å². The fourth-order valence-electron chi connectivity index (χ4n) is 1.93. The molecule has 0 saturated heterocycles. The Hall–Kier alpha value is -0.0800. The van der Waals surface area contributed by atoms with Crippen LogP contribution >= 0.6 is 0 Å². The molecule has 0 aromatic heterocycles. The van der Waals surface area contributed by atoms with Gasteiger partial charge in [0.1, 0.15) is 0 Å². The molecule has 0 aliphatic rings. The molecule has 0 aliphatic heterocycles. The molecule has 0 aliphatic carbocycles. The van der Waals surface area contributed by atoms with Crippen molar-refractivity contribution in [3.8, 4) is 0 Å². The van der Waals surface area contributed by atoms with E-state index in [1.807, 2.05) is 0 Å². The first-order chi connectivity index (χ1) is 7.81. The van der Waals surface area contributed by atoms with E-state index in [0.717, 1.165) is 18.9 Å². The molecule has 0 heterocycles. The van der Waals surface area contributed by atoms with Crippen molar-refractivity contribution in [1.82, 2.24) is 0 Å². The highest BCUT2D eigenvalue weighted by atomic mass is 16.5. The summed E-state index contributed by atoms with van der Waals surface area (Å²) in [5.74, 6) is 0.870. The average molecular weight is 230 g/mol. The normalized spacial score (nSPS) is 12.9. The van der Waals surface area contributed by atoms with Crippen LogP contribution in [0.4, 0.5) is 0 Å². The Morgan fingerprint density at radius 1 is 0.938 bits per heavy atom. The van der Waals surface area contributed by atoms with E-state index in [-0.39, 0.29) is 6.61 Å². The molecule has 0 radical (unpaired) electrons. The summed E-state index contributed by atoms with van der Waals surface area (Å²) in [4.78, 5) is 0. The summed E-state index contributed by atoms with van der Waals surface area (Å²) in [6, 6.07) is 0. The molecule has 1 N–H and O–H groups in total. The Labute approximate surface area is 101 Å². The molecule has 2 nitrogen and oxygen atoms in total. The zero-order valence-corrected chi connectivity index (χ0v) is 11.2. The number of aliphatic hydroxyl groups is 1. The highest BCUT2D eigenvalue weighted by Gasteiger charge is 2.01. The monoisotopic (exact) mass is 230 g/mol. The highest BCUT2D eigenvalue weighted by Crippen LogP contribution is 2.16. The summed E-state index contributed by atoms with van der Waals surface area (Å²) in [6.07, 6.45) is 10.6. The lowest BCUT2D eigenvalue weighted by Crippen LogP contribution is -2.01. The van der Waals surface area contributed by atoms with Gasteiger partial charge in [0.05, 0.1) is 13.2 Å². The fourth-order valence-corrected chi connectivity index (χ4v) is 1.93. The van der Waals surface area contributed by atoms with Crippen molar-refractivity contribution in [1.29, 1.82) is 0 Å². The van der Waals surface area contributed by atoms with Gasteiger partial charge in [0.15, 0.2) is 0 Å². The zero-order chi connectivity index (χ0) is 12.1. The van der Waals surface area contributed by atoms with Gasteiger partial charge in [0.25, 0.3) is 0 Å². The van der Waals surface area contributed by atoms with Gasteiger partial charge < -0.3 is 9.84 Å². The third-order valence-corrected chi connectivity index (χ3v) is 3.02. The van der Waals surface area contributed by atoms with Gasteiger partial charge in [-0.3, -0.25) is 0 Å². The molecule has 16 heavy (non-hydrogen) atoms. The lowest BCUT2D eigenvalue weighted by molar-refractivity contribution is 0.0890. The summed E-state index contributed by atoms with van der Waals surface area (Å²) in [5.41, 5.74) is 0. The number of ether oxygens (including phenoxy) is 1.